The SMILES string of the molecule is O=C(NC12CC3CC(CC(C3)C1)C2)N(CCO)C1CCC1. The molecule has 5 rings (SSSR count). The molecule has 4 heteroatoms. The average Bonchev–Trinajstić information content (AvgIpc) is 2.33. The van der Waals surface area contributed by atoms with Gasteiger partial charge >= 0.3 is 6.03 Å². The number of aliphatic hydroxyl groups is 1. The molecule has 0 aromatic rings. The highest BCUT2D eigenvalue weighted by atomic mass is 16.3. The van der Waals surface area contributed by atoms with E-state index < -0.39 is 0 Å². The van der Waals surface area contributed by atoms with E-state index in [1.807, 2.05) is 4.90 Å². The lowest BCUT2D eigenvalue weighted by Gasteiger charge is -2.57. The van der Waals surface area contributed by atoms with Gasteiger partial charge in [0.15, 0.2) is 0 Å². The molecule has 0 aliphatic heterocycles. The Morgan fingerprint density at radius 2 is 1.67 bits per heavy atom. The van der Waals surface area contributed by atoms with Crippen LogP contribution in [0.2, 0.25) is 0 Å². The summed E-state index contributed by atoms with van der Waals surface area (Å²) in [6, 6.07) is 0.460. The standard InChI is InChI=1S/C17H28N2O2/c20-5-4-19(15-2-1-3-15)16(21)18-17-9-12-6-13(10-17)8-14(7-12)11-17/h12-15,20H,1-11H2,(H,18,21). The van der Waals surface area contributed by atoms with Gasteiger partial charge in [0.05, 0.1) is 6.61 Å². The fraction of sp³-hybridized carbons (Fsp3) is 0.941. The van der Waals surface area contributed by atoms with Gasteiger partial charge in [0.1, 0.15) is 0 Å². The minimum absolute atomic E-state index is 0.0742. The van der Waals surface area contributed by atoms with Crippen LogP contribution in [-0.4, -0.2) is 40.8 Å². The van der Waals surface area contributed by atoms with Gasteiger partial charge in [-0.15, -0.1) is 0 Å². The summed E-state index contributed by atoms with van der Waals surface area (Å²) < 4.78 is 0. The van der Waals surface area contributed by atoms with Gasteiger partial charge in [0, 0.05) is 18.1 Å². The average molecular weight is 292 g/mol. The molecule has 4 bridgehead atoms. The fourth-order valence-corrected chi connectivity index (χ4v) is 5.82. The van der Waals surface area contributed by atoms with Crippen molar-refractivity contribution >= 4 is 6.03 Å². The second-order valence-corrected chi connectivity index (χ2v) is 8.13. The molecular weight excluding hydrogens is 264 g/mol. The first-order chi connectivity index (χ1) is 10.2. The van der Waals surface area contributed by atoms with Crippen molar-refractivity contribution in [3.8, 4) is 0 Å². The van der Waals surface area contributed by atoms with Crippen molar-refractivity contribution in [1.82, 2.24) is 10.2 Å². The zero-order valence-corrected chi connectivity index (χ0v) is 12.9. The Bertz CT molecular complexity index is 384. The van der Waals surface area contributed by atoms with Crippen LogP contribution in [0, 0.1) is 17.8 Å². The van der Waals surface area contributed by atoms with Crippen molar-refractivity contribution in [2.45, 2.75) is 69.4 Å². The molecule has 0 radical (unpaired) electrons. The first kappa shape index (κ1) is 13.9. The van der Waals surface area contributed by atoms with Gasteiger partial charge in [-0.2, -0.15) is 0 Å². The molecular formula is C17H28N2O2. The third kappa shape index (κ3) is 2.45. The van der Waals surface area contributed by atoms with Crippen LogP contribution in [0.25, 0.3) is 0 Å². The molecule has 0 aromatic heterocycles. The van der Waals surface area contributed by atoms with Crippen molar-refractivity contribution < 1.29 is 9.90 Å². The second-order valence-electron chi connectivity index (χ2n) is 8.13. The molecule has 4 nitrogen and oxygen atoms in total. The predicted octanol–water partition coefficient (Wildman–Crippen LogP) is 2.51. The largest absolute Gasteiger partial charge is 0.395 e. The minimum Gasteiger partial charge on any atom is -0.395 e. The highest BCUT2D eigenvalue weighted by Gasteiger charge is 2.52. The second kappa shape index (κ2) is 5.15. The Hall–Kier alpha value is -0.770. The van der Waals surface area contributed by atoms with Gasteiger partial charge in [-0.3, -0.25) is 0 Å². The van der Waals surface area contributed by atoms with Crippen LogP contribution in [0.15, 0.2) is 0 Å². The topological polar surface area (TPSA) is 52.6 Å². The number of nitrogens with one attached hydrogen (secondary N) is 1. The molecule has 0 unspecified atom stereocenters. The number of hydrogen-bond acceptors (Lipinski definition) is 2. The van der Waals surface area contributed by atoms with Crippen molar-refractivity contribution in [2.75, 3.05) is 13.2 Å². The molecule has 0 spiro atoms. The summed E-state index contributed by atoms with van der Waals surface area (Å²) in [5.74, 6) is 2.56. The third-order valence-corrected chi connectivity index (χ3v) is 6.53. The normalized spacial score (nSPS) is 40.9. The van der Waals surface area contributed by atoms with E-state index in [9.17, 15) is 9.90 Å². The van der Waals surface area contributed by atoms with Crippen LogP contribution < -0.4 is 5.32 Å². The van der Waals surface area contributed by atoms with E-state index in [0.29, 0.717) is 12.6 Å². The van der Waals surface area contributed by atoms with Crippen LogP contribution in [0.4, 0.5) is 4.79 Å². The minimum atomic E-state index is 0.0742. The van der Waals surface area contributed by atoms with Crippen molar-refractivity contribution in [1.29, 1.82) is 0 Å². The van der Waals surface area contributed by atoms with Gasteiger partial charge in [-0.05, 0) is 75.5 Å². The Morgan fingerprint density at radius 3 is 2.10 bits per heavy atom. The Labute approximate surface area is 127 Å². The van der Waals surface area contributed by atoms with Gasteiger partial charge in [0.2, 0.25) is 0 Å². The molecule has 2 amide bonds. The third-order valence-electron chi connectivity index (χ3n) is 6.53. The molecule has 0 aromatic carbocycles. The maximum Gasteiger partial charge on any atom is 0.318 e. The van der Waals surface area contributed by atoms with Gasteiger partial charge in [-0.25, -0.2) is 4.79 Å². The van der Waals surface area contributed by atoms with Crippen LogP contribution in [0.1, 0.15) is 57.8 Å². The number of carbonyl (C=O) groups is 1. The zero-order valence-electron chi connectivity index (χ0n) is 12.9. The molecule has 118 valence electrons. The maximum absolute atomic E-state index is 12.8. The van der Waals surface area contributed by atoms with Crippen LogP contribution >= 0.6 is 0 Å². The summed E-state index contributed by atoms with van der Waals surface area (Å²) in [4.78, 5) is 14.7. The lowest BCUT2D eigenvalue weighted by atomic mass is 9.53. The highest BCUT2D eigenvalue weighted by Crippen LogP contribution is 2.55. The molecule has 5 saturated carbocycles. The Balaban J connectivity index is 1.45. The monoisotopic (exact) mass is 292 g/mol. The lowest BCUT2D eigenvalue weighted by Crippen LogP contribution is -2.63. The van der Waals surface area contributed by atoms with Gasteiger partial charge in [-0.1, -0.05) is 0 Å². The molecule has 2 N–H and O–H groups in total. The first-order valence-electron chi connectivity index (χ1n) is 8.87. The molecule has 5 aliphatic rings. The number of hydrogen-bond donors (Lipinski definition) is 2. The van der Waals surface area contributed by atoms with E-state index in [0.717, 1.165) is 30.6 Å². The van der Waals surface area contributed by atoms with E-state index in [-0.39, 0.29) is 18.2 Å². The number of aliphatic hydroxyl groups excluding tert-OH is 1. The quantitative estimate of drug-likeness (QED) is 0.836. The molecule has 0 saturated heterocycles. The first-order valence-corrected chi connectivity index (χ1v) is 8.87. The summed E-state index contributed by atoms with van der Waals surface area (Å²) >= 11 is 0. The van der Waals surface area contributed by atoms with E-state index >= 15 is 0 Å². The van der Waals surface area contributed by atoms with Crippen LogP contribution in [0.3, 0.4) is 0 Å². The maximum atomic E-state index is 12.8. The molecule has 5 aliphatic carbocycles. The Kier molecular flexibility index (Phi) is 3.40. The lowest BCUT2D eigenvalue weighted by molar-refractivity contribution is -0.0176. The molecule has 0 heterocycles. The smallest absolute Gasteiger partial charge is 0.318 e. The van der Waals surface area contributed by atoms with Crippen LogP contribution in [-0.2, 0) is 0 Å². The van der Waals surface area contributed by atoms with E-state index in [4.69, 9.17) is 0 Å². The molecule has 21 heavy (non-hydrogen) atoms. The number of amides is 2. The van der Waals surface area contributed by atoms with Gasteiger partial charge < -0.3 is 15.3 Å². The molecule has 5 fully saturated rings. The van der Waals surface area contributed by atoms with E-state index in [1.165, 1.54) is 44.9 Å². The zero-order chi connectivity index (χ0) is 14.4. The number of rotatable bonds is 4. The van der Waals surface area contributed by atoms with Crippen LogP contribution in [0.5, 0.6) is 0 Å². The Morgan fingerprint density at radius 1 is 1.10 bits per heavy atom. The van der Waals surface area contributed by atoms with Crippen molar-refractivity contribution in [3.63, 3.8) is 0 Å². The molecule has 0 atom stereocenters. The highest BCUT2D eigenvalue weighted by molar-refractivity contribution is 5.75. The predicted molar refractivity (Wildman–Crippen MR) is 80.9 cm³/mol. The number of urea groups is 1. The summed E-state index contributed by atoms with van der Waals surface area (Å²) in [5, 5.41) is 12.7. The summed E-state index contributed by atoms with van der Waals surface area (Å²) in [6.07, 6.45) is 11.2. The van der Waals surface area contributed by atoms with E-state index in [1.54, 1.807) is 0 Å². The van der Waals surface area contributed by atoms with Gasteiger partial charge in [0.25, 0.3) is 0 Å². The van der Waals surface area contributed by atoms with Crippen molar-refractivity contribution in [3.05, 3.63) is 0 Å². The number of nitrogens with zero attached hydrogens (tertiary/aromatic N) is 1. The summed E-state index contributed by atoms with van der Waals surface area (Å²) in [7, 11) is 0. The number of carbonyl (C=O) groups excluding carboxylic acids is 1. The summed E-state index contributed by atoms with van der Waals surface area (Å²) in [6.45, 7) is 0.563. The fourth-order valence-electron chi connectivity index (χ4n) is 5.82. The van der Waals surface area contributed by atoms with E-state index in [2.05, 4.69) is 5.32 Å². The summed E-state index contributed by atoms with van der Waals surface area (Å²) in [5.41, 5.74) is 0.0866. The van der Waals surface area contributed by atoms with Crippen molar-refractivity contribution in [2.24, 2.45) is 17.8 Å².